The van der Waals surface area contributed by atoms with Crippen LogP contribution in [0.5, 0.6) is 0 Å². The molecule has 1 saturated heterocycles. The fraction of sp³-hybridized carbons (Fsp3) is 0.769. The van der Waals surface area contributed by atoms with Gasteiger partial charge < -0.3 is 9.64 Å². The molecular formula is C13H21N5OS. The van der Waals surface area contributed by atoms with Crippen LogP contribution in [0.2, 0.25) is 0 Å². The van der Waals surface area contributed by atoms with Gasteiger partial charge in [-0.3, -0.25) is 4.57 Å². The first-order chi connectivity index (χ1) is 9.72. The molecule has 110 valence electrons. The lowest BCUT2D eigenvalue weighted by molar-refractivity contribution is 0.121. The first-order valence-corrected chi connectivity index (χ1v) is 7.96. The van der Waals surface area contributed by atoms with E-state index in [1.54, 1.807) is 11.8 Å². The number of hydrogen-bond acceptors (Lipinski definition) is 6. The molecule has 2 heterocycles. The average molecular weight is 295 g/mol. The van der Waals surface area contributed by atoms with Gasteiger partial charge in [0.1, 0.15) is 0 Å². The van der Waals surface area contributed by atoms with Crippen molar-refractivity contribution in [1.82, 2.24) is 14.8 Å². The molecule has 0 radical (unpaired) electrons. The van der Waals surface area contributed by atoms with Crippen molar-refractivity contribution >= 4 is 17.7 Å². The highest BCUT2D eigenvalue weighted by atomic mass is 32.2. The molecule has 0 N–H and O–H groups in total. The molecule has 0 atom stereocenters. The fourth-order valence-corrected chi connectivity index (χ4v) is 2.88. The third-order valence-electron chi connectivity index (χ3n) is 2.98. The molecule has 1 aromatic heterocycles. The predicted molar refractivity (Wildman–Crippen MR) is 78.8 cm³/mol. The van der Waals surface area contributed by atoms with Gasteiger partial charge in [-0.15, -0.1) is 10.2 Å². The van der Waals surface area contributed by atoms with Crippen LogP contribution in [0, 0.1) is 17.2 Å². The largest absolute Gasteiger partial charge is 0.378 e. The monoisotopic (exact) mass is 295 g/mol. The standard InChI is InChI=1S/C13H21N5OS/c1-11(2)10-18-12(17-5-7-19-8-6-17)15-16-13(18)20-9-3-4-14/h11H,3,5-10H2,1-2H3. The van der Waals surface area contributed by atoms with Crippen LogP contribution < -0.4 is 4.90 Å². The summed E-state index contributed by atoms with van der Waals surface area (Å²) >= 11 is 1.61. The number of ether oxygens (including phenoxy) is 1. The summed E-state index contributed by atoms with van der Waals surface area (Å²) in [5.74, 6) is 2.22. The van der Waals surface area contributed by atoms with E-state index >= 15 is 0 Å². The van der Waals surface area contributed by atoms with Crippen molar-refractivity contribution in [2.45, 2.75) is 32.0 Å². The van der Waals surface area contributed by atoms with Gasteiger partial charge in [0, 0.05) is 31.8 Å². The fourth-order valence-electron chi connectivity index (χ4n) is 2.10. The Morgan fingerprint density at radius 2 is 2.10 bits per heavy atom. The van der Waals surface area contributed by atoms with Crippen molar-refractivity contribution in [2.24, 2.45) is 5.92 Å². The normalized spacial score (nSPS) is 15.6. The molecule has 1 aliphatic heterocycles. The second-order valence-corrected chi connectivity index (χ2v) is 6.21. The van der Waals surface area contributed by atoms with Crippen LogP contribution in [0.15, 0.2) is 5.16 Å². The summed E-state index contributed by atoms with van der Waals surface area (Å²) in [6.45, 7) is 8.48. The summed E-state index contributed by atoms with van der Waals surface area (Å²) in [7, 11) is 0. The Hall–Kier alpha value is -1.26. The summed E-state index contributed by atoms with van der Waals surface area (Å²) in [6, 6.07) is 2.16. The highest BCUT2D eigenvalue weighted by Gasteiger charge is 2.20. The molecule has 1 aliphatic rings. The maximum atomic E-state index is 8.64. The van der Waals surface area contributed by atoms with Crippen molar-refractivity contribution in [2.75, 3.05) is 37.0 Å². The van der Waals surface area contributed by atoms with E-state index in [1.807, 2.05) is 0 Å². The Labute approximate surface area is 124 Å². The number of anilines is 1. The number of thioether (sulfide) groups is 1. The number of aromatic nitrogens is 3. The van der Waals surface area contributed by atoms with Crippen molar-refractivity contribution in [3.05, 3.63) is 0 Å². The van der Waals surface area contributed by atoms with E-state index < -0.39 is 0 Å². The summed E-state index contributed by atoms with van der Waals surface area (Å²) in [6.07, 6.45) is 0.534. The molecule has 1 aromatic rings. The number of morpholine rings is 1. The molecule has 20 heavy (non-hydrogen) atoms. The number of hydrogen-bond donors (Lipinski definition) is 0. The predicted octanol–water partition coefficient (Wildman–Crippen LogP) is 1.78. The Bertz CT molecular complexity index is 462. The molecular weight excluding hydrogens is 274 g/mol. The Kier molecular flexibility index (Phi) is 5.68. The van der Waals surface area contributed by atoms with E-state index in [4.69, 9.17) is 10.00 Å². The topological polar surface area (TPSA) is 67.0 Å². The van der Waals surface area contributed by atoms with Gasteiger partial charge in [-0.05, 0) is 5.92 Å². The molecule has 0 aromatic carbocycles. The molecule has 0 amide bonds. The van der Waals surface area contributed by atoms with E-state index in [0.717, 1.165) is 49.7 Å². The number of rotatable bonds is 6. The lowest BCUT2D eigenvalue weighted by Gasteiger charge is -2.28. The zero-order chi connectivity index (χ0) is 14.4. The maximum Gasteiger partial charge on any atom is 0.228 e. The zero-order valence-electron chi connectivity index (χ0n) is 12.1. The second kappa shape index (κ2) is 7.50. The van der Waals surface area contributed by atoms with Crippen molar-refractivity contribution in [3.63, 3.8) is 0 Å². The van der Waals surface area contributed by atoms with Crippen LogP contribution in [0.3, 0.4) is 0 Å². The molecule has 0 spiro atoms. The summed E-state index contributed by atoms with van der Waals surface area (Å²) in [5, 5.41) is 18.2. The van der Waals surface area contributed by atoms with Crippen molar-refractivity contribution in [1.29, 1.82) is 5.26 Å². The minimum Gasteiger partial charge on any atom is -0.378 e. The molecule has 2 rings (SSSR count). The Balaban J connectivity index is 2.15. The molecule has 0 unspecified atom stereocenters. The van der Waals surface area contributed by atoms with E-state index in [0.29, 0.717) is 12.3 Å². The summed E-state index contributed by atoms with van der Waals surface area (Å²) < 4.78 is 7.57. The number of nitrogens with zero attached hydrogens (tertiary/aromatic N) is 5. The molecule has 7 heteroatoms. The van der Waals surface area contributed by atoms with E-state index in [2.05, 4.69) is 39.6 Å². The van der Waals surface area contributed by atoms with Crippen LogP contribution in [0.1, 0.15) is 20.3 Å². The lowest BCUT2D eigenvalue weighted by Crippen LogP contribution is -2.38. The summed E-state index contributed by atoms with van der Waals surface area (Å²) in [5.41, 5.74) is 0. The van der Waals surface area contributed by atoms with Crippen LogP contribution in [-0.2, 0) is 11.3 Å². The molecule has 0 saturated carbocycles. The lowest BCUT2D eigenvalue weighted by atomic mass is 10.2. The first kappa shape index (κ1) is 15.1. The van der Waals surface area contributed by atoms with Gasteiger partial charge in [-0.2, -0.15) is 5.26 Å². The minimum atomic E-state index is 0.529. The molecule has 0 aliphatic carbocycles. The molecule has 1 fully saturated rings. The maximum absolute atomic E-state index is 8.64. The van der Waals surface area contributed by atoms with Gasteiger partial charge in [-0.1, -0.05) is 25.6 Å². The Morgan fingerprint density at radius 1 is 1.35 bits per heavy atom. The third kappa shape index (κ3) is 3.87. The van der Waals surface area contributed by atoms with E-state index in [-0.39, 0.29) is 0 Å². The van der Waals surface area contributed by atoms with Gasteiger partial charge in [-0.25, -0.2) is 0 Å². The van der Waals surface area contributed by atoms with Gasteiger partial charge >= 0.3 is 0 Å². The molecule has 6 nitrogen and oxygen atoms in total. The van der Waals surface area contributed by atoms with E-state index in [1.165, 1.54) is 0 Å². The van der Waals surface area contributed by atoms with Crippen LogP contribution in [-0.4, -0.2) is 46.8 Å². The highest BCUT2D eigenvalue weighted by Crippen LogP contribution is 2.24. The second-order valence-electron chi connectivity index (χ2n) is 5.14. The van der Waals surface area contributed by atoms with Crippen molar-refractivity contribution < 1.29 is 4.74 Å². The van der Waals surface area contributed by atoms with Crippen LogP contribution in [0.25, 0.3) is 0 Å². The quantitative estimate of drug-likeness (QED) is 0.588. The zero-order valence-corrected chi connectivity index (χ0v) is 12.9. The van der Waals surface area contributed by atoms with Crippen molar-refractivity contribution in [3.8, 4) is 6.07 Å². The highest BCUT2D eigenvalue weighted by molar-refractivity contribution is 7.99. The van der Waals surface area contributed by atoms with Gasteiger partial charge in [0.25, 0.3) is 0 Å². The molecule has 0 bridgehead atoms. The SMILES string of the molecule is CC(C)Cn1c(SCCC#N)nnc1N1CCOCC1. The van der Waals surface area contributed by atoms with Gasteiger partial charge in [0.2, 0.25) is 5.95 Å². The summed E-state index contributed by atoms with van der Waals surface area (Å²) in [4.78, 5) is 2.23. The Morgan fingerprint density at radius 3 is 2.75 bits per heavy atom. The number of nitriles is 1. The average Bonchev–Trinajstić information content (AvgIpc) is 2.82. The van der Waals surface area contributed by atoms with Crippen LogP contribution in [0.4, 0.5) is 5.95 Å². The minimum absolute atomic E-state index is 0.529. The van der Waals surface area contributed by atoms with Gasteiger partial charge in [0.05, 0.1) is 19.3 Å². The first-order valence-electron chi connectivity index (χ1n) is 6.98. The van der Waals surface area contributed by atoms with Crippen LogP contribution >= 0.6 is 11.8 Å². The van der Waals surface area contributed by atoms with E-state index in [9.17, 15) is 0 Å². The smallest absolute Gasteiger partial charge is 0.228 e. The third-order valence-corrected chi connectivity index (χ3v) is 3.95. The van der Waals surface area contributed by atoms with Gasteiger partial charge in [0.15, 0.2) is 5.16 Å².